The second-order valence-electron chi connectivity index (χ2n) is 9.26. The highest BCUT2D eigenvalue weighted by Gasteiger charge is 2.53. The molecule has 0 radical (unpaired) electrons. The van der Waals surface area contributed by atoms with E-state index in [2.05, 4.69) is 13.8 Å². The molecule has 0 aromatic heterocycles. The number of carbonyl (C=O) groups excluding carboxylic acids is 1. The van der Waals surface area contributed by atoms with Crippen LogP contribution in [-0.4, -0.2) is 23.3 Å². The van der Waals surface area contributed by atoms with Crippen LogP contribution in [0.25, 0.3) is 0 Å². The maximum Gasteiger partial charge on any atom is 0.338 e. The van der Waals surface area contributed by atoms with Crippen LogP contribution in [0, 0.1) is 23.2 Å². The van der Waals surface area contributed by atoms with E-state index in [0.29, 0.717) is 23.3 Å². The second kappa shape index (κ2) is 8.77. The number of aliphatic hydroxyl groups excluding tert-OH is 1. The summed E-state index contributed by atoms with van der Waals surface area (Å²) in [5, 5.41) is 9.53. The van der Waals surface area contributed by atoms with E-state index in [4.69, 9.17) is 4.74 Å². The first-order chi connectivity index (χ1) is 12.9. The molecular formula is C24H36O3. The van der Waals surface area contributed by atoms with Gasteiger partial charge < -0.3 is 9.84 Å². The van der Waals surface area contributed by atoms with Crippen molar-refractivity contribution in [2.24, 2.45) is 23.2 Å². The van der Waals surface area contributed by atoms with Gasteiger partial charge in [0.2, 0.25) is 0 Å². The molecule has 0 heterocycles. The van der Waals surface area contributed by atoms with Gasteiger partial charge in [-0.3, -0.25) is 0 Å². The van der Waals surface area contributed by atoms with Crippen molar-refractivity contribution in [1.29, 1.82) is 0 Å². The van der Waals surface area contributed by atoms with Crippen LogP contribution in [0.1, 0.15) is 82.5 Å². The van der Waals surface area contributed by atoms with Gasteiger partial charge in [-0.25, -0.2) is 4.79 Å². The molecule has 1 aromatic carbocycles. The van der Waals surface area contributed by atoms with Gasteiger partial charge in [0.25, 0.3) is 0 Å². The van der Waals surface area contributed by atoms with E-state index < -0.39 is 0 Å². The van der Waals surface area contributed by atoms with E-state index in [1.54, 1.807) is 0 Å². The Morgan fingerprint density at radius 1 is 1.19 bits per heavy atom. The van der Waals surface area contributed by atoms with Gasteiger partial charge in [0, 0.05) is 5.92 Å². The predicted octanol–water partition coefficient (Wildman–Crippen LogP) is 5.62. The number of carbonyl (C=O) groups is 1. The Kier molecular flexibility index (Phi) is 6.62. The number of esters is 1. The summed E-state index contributed by atoms with van der Waals surface area (Å²) in [6.45, 7) is 6.72. The van der Waals surface area contributed by atoms with Crippen LogP contribution in [0.5, 0.6) is 0 Å². The molecule has 2 aliphatic carbocycles. The summed E-state index contributed by atoms with van der Waals surface area (Å²) in [7, 11) is 0. The van der Waals surface area contributed by atoms with E-state index >= 15 is 0 Å². The monoisotopic (exact) mass is 372 g/mol. The van der Waals surface area contributed by atoms with Gasteiger partial charge in [0.05, 0.1) is 11.7 Å². The smallest absolute Gasteiger partial charge is 0.338 e. The van der Waals surface area contributed by atoms with Crippen LogP contribution < -0.4 is 0 Å². The van der Waals surface area contributed by atoms with Crippen LogP contribution in [0.3, 0.4) is 0 Å². The topological polar surface area (TPSA) is 46.5 Å². The summed E-state index contributed by atoms with van der Waals surface area (Å²) in [6.07, 6.45) is 8.88. The Morgan fingerprint density at radius 2 is 1.93 bits per heavy atom. The van der Waals surface area contributed by atoms with Gasteiger partial charge in [-0.15, -0.1) is 0 Å². The Morgan fingerprint density at radius 3 is 2.63 bits per heavy atom. The third-order valence-corrected chi connectivity index (χ3v) is 7.37. The average molecular weight is 373 g/mol. The van der Waals surface area contributed by atoms with Crippen molar-refractivity contribution in [3.8, 4) is 0 Å². The highest BCUT2D eigenvalue weighted by Crippen LogP contribution is 2.58. The molecule has 0 unspecified atom stereocenters. The number of fused-ring (bicyclic) bond motifs is 1. The minimum Gasteiger partial charge on any atom is -0.458 e. The van der Waals surface area contributed by atoms with Crippen molar-refractivity contribution in [3.63, 3.8) is 0 Å². The lowest BCUT2D eigenvalue weighted by Gasteiger charge is -2.46. The summed E-state index contributed by atoms with van der Waals surface area (Å²) in [5.41, 5.74) is 0.940. The largest absolute Gasteiger partial charge is 0.458 e. The minimum absolute atomic E-state index is 0.0612. The molecule has 2 fully saturated rings. The van der Waals surface area contributed by atoms with E-state index in [0.717, 1.165) is 25.7 Å². The Bertz CT molecular complexity index is 611. The predicted molar refractivity (Wildman–Crippen MR) is 109 cm³/mol. The van der Waals surface area contributed by atoms with Crippen LogP contribution in [0.4, 0.5) is 0 Å². The molecule has 0 amide bonds. The molecule has 6 atom stereocenters. The maximum absolute atomic E-state index is 12.6. The van der Waals surface area contributed by atoms with E-state index in [-0.39, 0.29) is 23.6 Å². The Balaban J connectivity index is 1.64. The normalized spacial score (nSPS) is 32.5. The first kappa shape index (κ1) is 20.4. The van der Waals surface area contributed by atoms with E-state index in [9.17, 15) is 9.90 Å². The third kappa shape index (κ3) is 4.56. The molecule has 3 rings (SSSR count). The van der Waals surface area contributed by atoms with Crippen molar-refractivity contribution < 1.29 is 14.6 Å². The van der Waals surface area contributed by atoms with Gasteiger partial charge in [0.15, 0.2) is 0 Å². The van der Waals surface area contributed by atoms with Crippen LogP contribution in [0.2, 0.25) is 0 Å². The van der Waals surface area contributed by atoms with Gasteiger partial charge in [-0.1, -0.05) is 44.9 Å². The van der Waals surface area contributed by atoms with Crippen molar-refractivity contribution in [2.75, 3.05) is 0 Å². The molecule has 0 spiro atoms. The molecule has 2 aliphatic rings. The molecule has 27 heavy (non-hydrogen) atoms. The Labute approximate surface area is 164 Å². The summed E-state index contributed by atoms with van der Waals surface area (Å²) >= 11 is 0. The van der Waals surface area contributed by atoms with Crippen LogP contribution in [0.15, 0.2) is 30.3 Å². The zero-order valence-corrected chi connectivity index (χ0v) is 17.2. The van der Waals surface area contributed by atoms with Crippen molar-refractivity contribution in [3.05, 3.63) is 35.9 Å². The summed E-state index contributed by atoms with van der Waals surface area (Å²) in [6, 6.07) is 9.39. The molecule has 0 bridgehead atoms. The lowest BCUT2D eigenvalue weighted by atomic mass is 9.61. The highest BCUT2D eigenvalue weighted by atomic mass is 16.5. The zero-order chi connectivity index (χ0) is 19.4. The van der Waals surface area contributed by atoms with E-state index in [1.807, 2.05) is 37.3 Å². The van der Waals surface area contributed by atoms with E-state index in [1.165, 1.54) is 25.7 Å². The summed E-state index contributed by atoms with van der Waals surface area (Å²) in [5.74, 6) is 1.69. The first-order valence-corrected chi connectivity index (χ1v) is 10.9. The van der Waals surface area contributed by atoms with Gasteiger partial charge >= 0.3 is 5.97 Å². The molecular weight excluding hydrogens is 336 g/mol. The van der Waals surface area contributed by atoms with Crippen molar-refractivity contribution in [2.45, 2.75) is 84.3 Å². The standard InChI is InChI=1S/C24H36O3/c1-17(9-7-10-18(2)25)20-14-15-21-22(13-8-16-24(20,21)3)27-23(26)19-11-5-4-6-12-19/h4-6,11-12,17-18,20-22,25H,7-10,13-16H2,1-3H3/t17-,18+,20-,21+,22+,24-/m1/s1. The number of hydrogen-bond acceptors (Lipinski definition) is 3. The molecule has 0 saturated heterocycles. The van der Waals surface area contributed by atoms with Gasteiger partial charge in [-0.05, 0) is 74.8 Å². The van der Waals surface area contributed by atoms with Gasteiger partial charge in [0.1, 0.15) is 6.10 Å². The van der Waals surface area contributed by atoms with Crippen LogP contribution in [-0.2, 0) is 4.74 Å². The van der Waals surface area contributed by atoms with Crippen LogP contribution >= 0.6 is 0 Å². The fourth-order valence-electron chi connectivity index (χ4n) is 5.95. The number of ether oxygens (including phenoxy) is 1. The number of hydrogen-bond donors (Lipinski definition) is 1. The average Bonchev–Trinajstić information content (AvgIpc) is 3.00. The molecule has 1 N–H and O–H groups in total. The first-order valence-electron chi connectivity index (χ1n) is 10.9. The number of benzene rings is 1. The fraction of sp³-hybridized carbons (Fsp3) is 0.708. The molecule has 3 nitrogen and oxygen atoms in total. The fourth-order valence-corrected chi connectivity index (χ4v) is 5.95. The number of aliphatic hydroxyl groups is 1. The second-order valence-corrected chi connectivity index (χ2v) is 9.26. The quantitative estimate of drug-likeness (QED) is 0.632. The lowest BCUT2D eigenvalue weighted by Crippen LogP contribution is -2.43. The highest BCUT2D eigenvalue weighted by molar-refractivity contribution is 5.89. The lowest BCUT2D eigenvalue weighted by molar-refractivity contribution is -0.0474. The Hall–Kier alpha value is -1.35. The minimum atomic E-state index is -0.194. The van der Waals surface area contributed by atoms with Crippen molar-refractivity contribution >= 4 is 5.97 Å². The summed E-state index contributed by atoms with van der Waals surface area (Å²) in [4.78, 5) is 12.6. The summed E-state index contributed by atoms with van der Waals surface area (Å²) < 4.78 is 6.03. The van der Waals surface area contributed by atoms with Crippen molar-refractivity contribution in [1.82, 2.24) is 0 Å². The molecule has 0 aliphatic heterocycles. The molecule has 2 saturated carbocycles. The molecule has 1 aromatic rings. The maximum atomic E-state index is 12.6. The SMILES string of the molecule is C[C@H](O)CCC[C@@H](C)[C@H]1CC[C@H]2[C@@H](OC(=O)c3ccccc3)CCC[C@]12C. The molecule has 3 heteroatoms. The molecule has 150 valence electrons. The van der Waals surface area contributed by atoms with Gasteiger partial charge in [-0.2, -0.15) is 0 Å². The zero-order valence-electron chi connectivity index (χ0n) is 17.2. The third-order valence-electron chi connectivity index (χ3n) is 7.37. The number of rotatable bonds is 7.